The summed E-state index contributed by atoms with van der Waals surface area (Å²) >= 11 is 0. The third-order valence-electron chi connectivity index (χ3n) is 3.96. The fourth-order valence-corrected chi connectivity index (χ4v) is 2.48. The van der Waals surface area contributed by atoms with Gasteiger partial charge in [-0.1, -0.05) is 43.7 Å². The van der Waals surface area contributed by atoms with Crippen molar-refractivity contribution in [1.29, 1.82) is 0 Å². The maximum Gasteiger partial charge on any atom is 0.261 e. The van der Waals surface area contributed by atoms with Gasteiger partial charge >= 0.3 is 0 Å². The highest BCUT2D eigenvalue weighted by molar-refractivity contribution is 5.81. The van der Waals surface area contributed by atoms with Gasteiger partial charge in [0.05, 0.1) is 6.04 Å². The maximum atomic E-state index is 13.0. The van der Waals surface area contributed by atoms with Crippen LogP contribution in [-0.4, -0.2) is 12.0 Å². The lowest BCUT2D eigenvalue weighted by Crippen LogP contribution is -2.39. The number of hydrogen-bond donors (Lipinski definition) is 1. The zero-order valence-corrected chi connectivity index (χ0v) is 14.4. The van der Waals surface area contributed by atoms with Crippen LogP contribution < -0.4 is 10.1 Å². The van der Waals surface area contributed by atoms with Gasteiger partial charge in [-0.25, -0.2) is 4.39 Å². The molecule has 2 rings (SSSR count). The Balaban J connectivity index is 2.04. The van der Waals surface area contributed by atoms with E-state index in [1.807, 2.05) is 45.0 Å². The van der Waals surface area contributed by atoms with Crippen molar-refractivity contribution >= 4 is 5.91 Å². The number of halogens is 1. The minimum absolute atomic E-state index is 0.0519. The lowest BCUT2D eigenvalue weighted by atomic mass is 10.0. The summed E-state index contributed by atoms with van der Waals surface area (Å²) in [6, 6.07) is 13.8. The lowest BCUT2D eigenvalue weighted by Gasteiger charge is -2.22. The van der Waals surface area contributed by atoms with E-state index in [-0.39, 0.29) is 17.8 Å². The van der Waals surface area contributed by atoms with Gasteiger partial charge in [0.2, 0.25) is 0 Å². The first kappa shape index (κ1) is 18.0. The highest BCUT2D eigenvalue weighted by atomic mass is 19.1. The number of amides is 1. The molecule has 0 heterocycles. The number of aryl methyl sites for hydroxylation is 1. The molecule has 0 radical (unpaired) electrons. The van der Waals surface area contributed by atoms with Gasteiger partial charge in [-0.05, 0) is 49.6 Å². The van der Waals surface area contributed by atoms with Crippen LogP contribution in [-0.2, 0) is 4.79 Å². The Morgan fingerprint density at radius 1 is 1.04 bits per heavy atom. The first-order chi connectivity index (χ1) is 11.5. The number of carbonyl (C=O) groups is 1. The smallest absolute Gasteiger partial charge is 0.261 e. The molecule has 2 atom stereocenters. The normalized spacial score (nSPS) is 13.2. The average Bonchev–Trinajstić information content (AvgIpc) is 2.59. The Morgan fingerprint density at radius 3 is 2.21 bits per heavy atom. The molecular formula is C20H24FNO2. The Labute approximate surface area is 142 Å². The number of nitrogens with one attached hydrogen (secondary N) is 1. The molecule has 2 aromatic rings. The molecule has 0 aliphatic carbocycles. The summed E-state index contributed by atoms with van der Waals surface area (Å²) < 4.78 is 18.7. The molecule has 3 nitrogen and oxygen atoms in total. The van der Waals surface area contributed by atoms with Crippen molar-refractivity contribution in [2.24, 2.45) is 0 Å². The predicted octanol–water partition coefficient (Wildman–Crippen LogP) is 4.56. The Bertz CT molecular complexity index is 652. The third kappa shape index (κ3) is 4.82. The van der Waals surface area contributed by atoms with E-state index in [0.29, 0.717) is 12.2 Å². The SMILES string of the molecule is CCC(Oc1ccc(F)cc1)C(=O)NC(CC)c1ccc(C)cc1. The second-order valence-electron chi connectivity index (χ2n) is 5.85. The summed E-state index contributed by atoms with van der Waals surface area (Å²) in [7, 11) is 0. The van der Waals surface area contributed by atoms with E-state index in [9.17, 15) is 9.18 Å². The second kappa shape index (κ2) is 8.48. The molecule has 2 unspecified atom stereocenters. The van der Waals surface area contributed by atoms with Crippen molar-refractivity contribution in [1.82, 2.24) is 5.32 Å². The molecule has 4 heteroatoms. The third-order valence-corrected chi connectivity index (χ3v) is 3.96. The van der Waals surface area contributed by atoms with Crippen LogP contribution in [0.5, 0.6) is 5.75 Å². The minimum Gasteiger partial charge on any atom is -0.481 e. The largest absolute Gasteiger partial charge is 0.481 e. The number of carbonyl (C=O) groups excluding carboxylic acids is 1. The van der Waals surface area contributed by atoms with Gasteiger partial charge in [0.15, 0.2) is 6.10 Å². The zero-order chi connectivity index (χ0) is 17.5. The van der Waals surface area contributed by atoms with Crippen molar-refractivity contribution < 1.29 is 13.9 Å². The summed E-state index contributed by atoms with van der Waals surface area (Å²) in [5, 5.41) is 3.05. The molecule has 2 aromatic carbocycles. The van der Waals surface area contributed by atoms with Gasteiger partial charge in [-0.2, -0.15) is 0 Å². The van der Waals surface area contributed by atoms with Crippen LogP contribution in [0.3, 0.4) is 0 Å². The van der Waals surface area contributed by atoms with Crippen molar-refractivity contribution in [2.75, 3.05) is 0 Å². The quantitative estimate of drug-likeness (QED) is 0.809. The van der Waals surface area contributed by atoms with Crippen LogP contribution in [0.2, 0.25) is 0 Å². The highest BCUT2D eigenvalue weighted by Gasteiger charge is 2.21. The minimum atomic E-state index is -0.602. The van der Waals surface area contributed by atoms with Gasteiger partial charge < -0.3 is 10.1 Å². The Kier molecular flexibility index (Phi) is 6.36. The lowest BCUT2D eigenvalue weighted by molar-refractivity contribution is -0.128. The number of hydrogen-bond acceptors (Lipinski definition) is 2. The van der Waals surface area contributed by atoms with Crippen LogP contribution in [0.4, 0.5) is 4.39 Å². The van der Waals surface area contributed by atoms with E-state index in [2.05, 4.69) is 5.32 Å². The van der Waals surface area contributed by atoms with Crippen molar-refractivity contribution in [3.8, 4) is 5.75 Å². The number of ether oxygens (including phenoxy) is 1. The Hall–Kier alpha value is -2.36. The molecule has 1 amide bonds. The molecule has 0 saturated carbocycles. The van der Waals surface area contributed by atoms with E-state index < -0.39 is 6.10 Å². The van der Waals surface area contributed by atoms with Gasteiger partial charge in [-0.15, -0.1) is 0 Å². The topological polar surface area (TPSA) is 38.3 Å². The predicted molar refractivity (Wildman–Crippen MR) is 93.5 cm³/mol. The van der Waals surface area contributed by atoms with Crippen molar-refractivity contribution in [3.63, 3.8) is 0 Å². The van der Waals surface area contributed by atoms with Crippen LogP contribution >= 0.6 is 0 Å². The molecule has 1 N–H and O–H groups in total. The summed E-state index contributed by atoms with van der Waals surface area (Å²) in [6.45, 7) is 5.96. The fourth-order valence-electron chi connectivity index (χ4n) is 2.48. The maximum absolute atomic E-state index is 13.0. The molecule has 128 valence electrons. The molecule has 0 spiro atoms. The molecule has 0 saturated heterocycles. The van der Waals surface area contributed by atoms with E-state index >= 15 is 0 Å². The van der Waals surface area contributed by atoms with Gasteiger partial charge in [0, 0.05) is 0 Å². The average molecular weight is 329 g/mol. The molecular weight excluding hydrogens is 305 g/mol. The van der Waals surface area contributed by atoms with E-state index in [4.69, 9.17) is 4.74 Å². The van der Waals surface area contributed by atoms with Crippen molar-refractivity contribution in [3.05, 3.63) is 65.5 Å². The first-order valence-electron chi connectivity index (χ1n) is 8.32. The van der Waals surface area contributed by atoms with Gasteiger partial charge in [-0.3, -0.25) is 4.79 Å². The molecule has 0 aliphatic rings. The zero-order valence-electron chi connectivity index (χ0n) is 14.4. The summed E-state index contributed by atoms with van der Waals surface area (Å²) in [4.78, 5) is 12.5. The van der Waals surface area contributed by atoms with Crippen LogP contribution in [0.1, 0.15) is 43.9 Å². The molecule has 0 aromatic heterocycles. The van der Waals surface area contributed by atoms with Gasteiger partial charge in [0.1, 0.15) is 11.6 Å². The Morgan fingerprint density at radius 2 is 1.67 bits per heavy atom. The van der Waals surface area contributed by atoms with E-state index in [0.717, 1.165) is 12.0 Å². The standard InChI is InChI=1S/C20H24FNO2/c1-4-18(15-8-6-14(3)7-9-15)22-20(23)19(5-2)24-17-12-10-16(21)11-13-17/h6-13,18-19H,4-5H2,1-3H3,(H,22,23). The molecule has 0 fully saturated rings. The molecule has 0 aliphatic heterocycles. The molecule has 0 bridgehead atoms. The highest BCUT2D eigenvalue weighted by Crippen LogP contribution is 2.19. The molecule has 24 heavy (non-hydrogen) atoms. The summed E-state index contributed by atoms with van der Waals surface area (Å²) in [6.07, 6.45) is 0.727. The van der Waals surface area contributed by atoms with Gasteiger partial charge in [0.25, 0.3) is 5.91 Å². The van der Waals surface area contributed by atoms with Crippen LogP contribution in [0.15, 0.2) is 48.5 Å². The monoisotopic (exact) mass is 329 g/mol. The second-order valence-corrected chi connectivity index (χ2v) is 5.85. The number of rotatable bonds is 7. The summed E-state index contributed by atoms with van der Waals surface area (Å²) in [5.41, 5.74) is 2.26. The van der Waals surface area contributed by atoms with Crippen molar-refractivity contribution in [2.45, 2.75) is 45.8 Å². The van der Waals surface area contributed by atoms with Crippen LogP contribution in [0.25, 0.3) is 0 Å². The van der Waals surface area contributed by atoms with E-state index in [1.165, 1.54) is 29.8 Å². The number of benzene rings is 2. The first-order valence-corrected chi connectivity index (χ1v) is 8.32. The summed E-state index contributed by atoms with van der Waals surface area (Å²) in [5.74, 6) is 0.00121. The van der Waals surface area contributed by atoms with E-state index in [1.54, 1.807) is 0 Å². The fraction of sp³-hybridized carbons (Fsp3) is 0.350. The van der Waals surface area contributed by atoms with Crippen LogP contribution in [0, 0.1) is 12.7 Å².